The van der Waals surface area contributed by atoms with E-state index in [1.807, 2.05) is 0 Å². The molecule has 2 aromatic heterocycles. The van der Waals surface area contributed by atoms with Crippen LogP contribution in [0.2, 0.25) is 0 Å². The summed E-state index contributed by atoms with van der Waals surface area (Å²) < 4.78 is 2.49. The number of thioether (sulfide) groups is 1. The Morgan fingerprint density at radius 1 is 1.23 bits per heavy atom. The molecule has 0 bridgehead atoms. The zero-order chi connectivity index (χ0) is 16.4. The number of rotatable bonds is 5. The maximum atomic E-state index is 12.4. The van der Waals surface area contributed by atoms with Crippen molar-refractivity contribution in [2.75, 3.05) is 5.75 Å². The van der Waals surface area contributed by atoms with Crippen molar-refractivity contribution in [2.45, 2.75) is 25.3 Å². The lowest BCUT2D eigenvalue weighted by atomic mass is 10.1. The van der Waals surface area contributed by atoms with Crippen molar-refractivity contribution in [1.82, 2.24) is 19.1 Å². The van der Waals surface area contributed by atoms with E-state index in [0.29, 0.717) is 40.0 Å². The number of nitrogens with zero attached hydrogens (tertiary/aromatic N) is 4. The van der Waals surface area contributed by atoms with E-state index in [9.17, 15) is 9.59 Å². The second-order valence-electron chi connectivity index (χ2n) is 5.55. The third kappa shape index (κ3) is 2.99. The van der Waals surface area contributed by atoms with Gasteiger partial charge in [0, 0.05) is 26.3 Å². The molecule has 2 aromatic rings. The molecule has 2 rings (SSSR count). The van der Waals surface area contributed by atoms with Crippen molar-refractivity contribution in [3.63, 3.8) is 0 Å². The fraction of sp³-hybridized carbons (Fsp3) is 0.467. The maximum Gasteiger partial charge on any atom is 0.332 e. The smallest absolute Gasteiger partial charge is 0.280 e. The Kier molecular flexibility index (Phi) is 4.85. The lowest BCUT2D eigenvalue weighted by molar-refractivity contribution is 0.614. The van der Waals surface area contributed by atoms with Crippen LogP contribution < -0.4 is 11.2 Å². The molecule has 118 valence electrons. The molecule has 0 fully saturated rings. The largest absolute Gasteiger partial charge is 0.332 e. The molecule has 0 amide bonds. The molecular weight excluding hydrogens is 300 g/mol. The number of aryl methyl sites for hydroxylation is 1. The van der Waals surface area contributed by atoms with Crippen molar-refractivity contribution >= 4 is 22.8 Å². The van der Waals surface area contributed by atoms with Gasteiger partial charge < -0.3 is 0 Å². The van der Waals surface area contributed by atoms with Gasteiger partial charge in [-0.15, -0.1) is 18.3 Å². The minimum Gasteiger partial charge on any atom is -0.280 e. The van der Waals surface area contributed by atoms with Crippen molar-refractivity contribution in [3.8, 4) is 0 Å². The van der Waals surface area contributed by atoms with E-state index in [0.717, 1.165) is 4.57 Å². The molecule has 0 aliphatic rings. The fourth-order valence-corrected chi connectivity index (χ4v) is 2.94. The molecule has 22 heavy (non-hydrogen) atoms. The van der Waals surface area contributed by atoms with Crippen LogP contribution in [0, 0.1) is 5.92 Å². The average Bonchev–Trinajstić information content (AvgIpc) is 2.47. The maximum absolute atomic E-state index is 12.4. The lowest BCUT2D eigenvalue weighted by Gasteiger charge is -2.12. The van der Waals surface area contributed by atoms with Crippen LogP contribution in [0.4, 0.5) is 0 Å². The molecular formula is C15H20N4O2S. The quantitative estimate of drug-likeness (QED) is 0.474. The highest BCUT2D eigenvalue weighted by molar-refractivity contribution is 7.99. The van der Waals surface area contributed by atoms with Crippen LogP contribution >= 0.6 is 11.8 Å². The second-order valence-corrected chi connectivity index (χ2v) is 6.56. The number of hydrogen-bond donors (Lipinski definition) is 0. The van der Waals surface area contributed by atoms with Crippen LogP contribution in [-0.4, -0.2) is 24.9 Å². The highest BCUT2D eigenvalue weighted by Gasteiger charge is 2.17. The molecule has 0 spiro atoms. The molecule has 0 aliphatic carbocycles. The minimum absolute atomic E-state index is 0.360. The predicted octanol–water partition coefficient (Wildman–Crippen LogP) is 1.50. The Hall–Kier alpha value is -1.89. The second kappa shape index (κ2) is 6.48. The Bertz CT molecular complexity index is 836. The fourth-order valence-electron chi connectivity index (χ4n) is 2.17. The van der Waals surface area contributed by atoms with Gasteiger partial charge in [-0.3, -0.25) is 13.9 Å². The van der Waals surface area contributed by atoms with E-state index in [1.54, 1.807) is 13.1 Å². The van der Waals surface area contributed by atoms with Crippen LogP contribution in [0.5, 0.6) is 0 Å². The third-order valence-electron chi connectivity index (χ3n) is 3.24. The molecule has 0 N–H and O–H groups in total. The van der Waals surface area contributed by atoms with Gasteiger partial charge in [0.2, 0.25) is 0 Å². The lowest BCUT2D eigenvalue weighted by Crippen LogP contribution is -2.38. The molecule has 0 saturated carbocycles. The first-order valence-electron chi connectivity index (χ1n) is 7.07. The summed E-state index contributed by atoms with van der Waals surface area (Å²) in [6, 6.07) is 0. The Morgan fingerprint density at radius 2 is 1.91 bits per heavy atom. The van der Waals surface area contributed by atoms with E-state index in [-0.39, 0.29) is 11.2 Å². The van der Waals surface area contributed by atoms with Gasteiger partial charge in [-0.25, -0.2) is 14.8 Å². The SMILES string of the molecule is C=CCSc1nc(CC(C)C)nc2c1c(=O)n(C)c(=O)n2C. The molecule has 7 heteroatoms. The monoisotopic (exact) mass is 320 g/mol. The standard InChI is InChI=1S/C15H20N4O2S/c1-6-7-22-13-11-12(16-10(17-13)8-9(2)3)18(4)15(21)19(5)14(11)20/h6,9H,1,7-8H2,2-5H3. The Morgan fingerprint density at radius 3 is 2.50 bits per heavy atom. The average molecular weight is 320 g/mol. The first-order valence-corrected chi connectivity index (χ1v) is 8.05. The zero-order valence-electron chi connectivity index (χ0n) is 13.3. The van der Waals surface area contributed by atoms with Gasteiger partial charge in [-0.1, -0.05) is 19.9 Å². The van der Waals surface area contributed by atoms with Crippen LogP contribution in [0.1, 0.15) is 19.7 Å². The third-order valence-corrected chi connectivity index (χ3v) is 4.21. The predicted molar refractivity (Wildman–Crippen MR) is 89.5 cm³/mol. The van der Waals surface area contributed by atoms with E-state index in [1.165, 1.54) is 23.4 Å². The molecule has 0 unspecified atom stereocenters. The molecule has 6 nitrogen and oxygen atoms in total. The summed E-state index contributed by atoms with van der Waals surface area (Å²) in [6.07, 6.45) is 2.45. The summed E-state index contributed by atoms with van der Waals surface area (Å²) in [7, 11) is 3.09. The Labute approximate surface area is 132 Å². The van der Waals surface area contributed by atoms with Gasteiger partial charge in [-0.05, 0) is 5.92 Å². The van der Waals surface area contributed by atoms with Crippen molar-refractivity contribution in [2.24, 2.45) is 20.0 Å². The van der Waals surface area contributed by atoms with E-state index < -0.39 is 0 Å². The molecule has 0 atom stereocenters. The summed E-state index contributed by atoms with van der Waals surface area (Å²) in [5.74, 6) is 1.68. The summed E-state index contributed by atoms with van der Waals surface area (Å²) in [4.78, 5) is 33.5. The number of aromatic nitrogens is 4. The zero-order valence-corrected chi connectivity index (χ0v) is 14.1. The van der Waals surface area contributed by atoms with Gasteiger partial charge >= 0.3 is 5.69 Å². The van der Waals surface area contributed by atoms with Crippen LogP contribution in [-0.2, 0) is 20.5 Å². The first-order chi connectivity index (χ1) is 10.4. The number of hydrogen-bond acceptors (Lipinski definition) is 5. The summed E-state index contributed by atoms with van der Waals surface area (Å²) in [5, 5.41) is 1.00. The van der Waals surface area contributed by atoms with Crippen LogP contribution in [0.15, 0.2) is 27.3 Å². The van der Waals surface area contributed by atoms with E-state index >= 15 is 0 Å². The van der Waals surface area contributed by atoms with Gasteiger partial charge in [-0.2, -0.15) is 0 Å². The topological polar surface area (TPSA) is 69.8 Å². The highest BCUT2D eigenvalue weighted by atomic mass is 32.2. The molecule has 0 radical (unpaired) electrons. The van der Waals surface area contributed by atoms with E-state index in [2.05, 4.69) is 30.4 Å². The molecule has 0 saturated heterocycles. The van der Waals surface area contributed by atoms with Crippen molar-refractivity contribution < 1.29 is 0 Å². The summed E-state index contributed by atoms with van der Waals surface area (Å²) in [5.41, 5.74) is -0.350. The highest BCUT2D eigenvalue weighted by Crippen LogP contribution is 2.22. The molecule has 0 aromatic carbocycles. The van der Waals surface area contributed by atoms with E-state index in [4.69, 9.17) is 0 Å². The molecule has 2 heterocycles. The minimum atomic E-state index is -0.383. The van der Waals surface area contributed by atoms with Crippen LogP contribution in [0.3, 0.4) is 0 Å². The van der Waals surface area contributed by atoms with Crippen molar-refractivity contribution in [3.05, 3.63) is 39.3 Å². The summed E-state index contributed by atoms with van der Waals surface area (Å²) in [6.45, 7) is 7.85. The normalized spacial score (nSPS) is 11.3. The summed E-state index contributed by atoms with van der Waals surface area (Å²) >= 11 is 1.43. The number of fused-ring (bicyclic) bond motifs is 1. The molecule has 0 aliphatic heterocycles. The Balaban J connectivity index is 2.84. The van der Waals surface area contributed by atoms with Gasteiger partial charge in [0.25, 0.3) is 5.56 Å². The van der Waals surface area contributed by atoms with Crippen molar-refractivity contribution in [1.29, 1.82) is 0 Å². The van der Waals surface area contributed by atoms with Gasteiger partial charge in [0.15, 0.2) is 5.65 Å². The first kappa shape index (κ1) is 16.5. The van der Waals surface area contributed by atoms with Gasteiger partial charge in [0.1, 0.15) is 16.2 Å². The van der Waals surface area contributed by atoms with Gasteiger partial charge in [0.05, 0.1) is 0 Å². The van der Waals surface area contributed by atoms with Crippen LogP contribution in [0.25, 0.3) is 11.0 Å².